The second-order valence-corrected chi connectivity index (χ2v) is 25.5. The first-order valence-electron chi connectivity index (χ1n) is 33.8. The lowest BCUT2D eigenvalue weighted by Crippen LogP contribution is -2.47. The Morgan fingerprint density at radius 3 is 0.990 bits per heavy atom. The molecule has 506 valence electrons. The molecule has 18 nitrogen and oxygen atoms in total. The minimum atomic E-state index is -0.870. The normalized spacial score (nSPS) is 16.3. The van der Waals surface area contributed by atoms with Crippen LogP contribution in [0.3, 0.4) is 0 Å². The van der Waals surface area contributed by atoms with Gasteiger partial charge in [0.05, 0.1) is 66.3 Å². The van der Waals surface area contributed by atoms with Gasteiger partial charge in [-0.3, -0.25) is 0 Å². The van der Waals surface area contributed by atoms with E-state index < -0.39 is 11.6 Å². The van der Waals surface area contributed by atoms with Gasteiger partial charge in [-0.25, -0.2) is 47.5 Å². The fourth-order valence-electron chi connectivity index (χ4n) is 13.0. The predicted molar refractivity (Wildman–Crippen MR) is 380 cm³/mol. The zero-order chi connectivity index (χ0) is 67.1. The first-order chi connectivity index (χ1) is 46.7. The molecule has 6 heterocycles. The number of aromatic nitrogens is 6. The van der Waals surface area contributed by atoms with E-state index in [-0.39, 0.29) is 11.6 Å². The summed E-state index contributed by atoms with van der Waals surface area (Å²) >= 11 is 0. The molecule has 3 aliphatic heterocycles. The molecule has 3 saturated heterocycles. The van der Waals surface area contributed by atoms with E-state index in [0.29, 0.717) is 45.8 Å². The molecule has 6 aromatic carbocycles. The zero-order valence-electron chi connectivity index (χ0n) is 56.8. The Bertz CT molecular complexity index is 4170. The maximum Gasteiger partial charge on any atom is 0.161 e. The summed E-state index contributed by atoms with van der Waals surface area (Å²) in [5, 5.41) is 4.91. The lowest BCUT2D eigenvalue weighted by Gasteiger charge is -2.37. The van der Waals surface area contributed by atoms with Crippen molar-refractivity contribution in [2.75, 3.05) is 180 Å². The third kappa shape index (κ3) is 14.8. The Morgan fingerprint density at radius 1 is 0.396 bits per heavy atom. The Hall–Kier alpha value is -9.18. The minimum Gasteiger partial charge on any atom is -0.495 e. The van der Waals surface area contributed by atoms with Crippen LogP contribution in [-0.2, 0) is 0 Å². The summed E-state index contributed by atoms with van der Waals surface area (Å²) in [6.45, 7) is 15.3. The van der Waals surface area contributed by atoms with Gasteiger partial charge < -0.3 is 58.7 Å². The first-order valence-corrected chi connectivity index (χ1v) is 33.8. The summed E-state index contributed by atoms with van der Waals surface area (Å²) in [5.41, 5.74) is 6.61. The van der Waals surface area contributed by atoms with Gasteiger partial charge in [0.25, 0.3) is 0 Å². The van der Waals surface area contributed by atoms with E-state index in [4.69, 9.17) is 39.1 Å². The van der Waals surface area contributed by atoms with E-state index >= 15 is 4.39 Å². The van der Waals surface area contributed by atoms with Crippen molar-refractivity contribution in [1.29, 1.82) is 0 Å². The summed E-state index contributed by atoms with van der Waals surface area (Å²) < 4.78 is 74.4. The summed E-state index contributed by atoms with van der Waals surface area (Å²) in [4.78, 5) is 46.4. The number of ether oxygens (including phenoxy) is 3. The van der Waals surface area contributed by atoms with Crippen molar-refractivity contribution in [3.8, 4) is 17.2 Å². The molecule has 6 fully saturated rings. The van der Waals surface area contributed by atoms with E-state index in [1.54, 1.807) is 38.4 Å². The molecule has 0 atom stereocenters. The molecule has 3 aromatic heterocycles. The van der Waals surface area contributed by atoms with Gasteiger partial charge >= 0.3 is 0 Å². The molecule has 0 unspecified atom stereocenters. The number of methoxy groups -OCH3 is 3. The number of hydrogen-bond donors (Lipinski definition) is 1. The highest BCUT2D eigenvalue weighted by Crippen LogP contribution is 2.44. The van der Waals surface area contributed by atoms with E-state index in [2.05, 4.69) is 71.7 Å². The Balaban J connectivity index is 0.000000135. The maximum absolute atomic E-state index is 15.2. The number of fused-ring (bicyclic) bond motifs is 3. The maximum atomic E-state index is 15.2. The SMILES string of the molecule is CCN(CC)c1cc2nc(C3CC3)nc(N3CCN(c4ccccc4OC)CC3)c2cc1F.CNC.COc1ccccc1N1CCN(c2nc(C3CC3)nc3cc(F)c(F)cc23)CC1.COc1ccccc1N1CCN(c2nc(C3CC3)nc3cc(N(C)C)c(F)cc23)CC1. The number of halogens is 4. The van der Waals surface area contributed by atoms with Crippen molar-refractivity contribution in [1.82, 2.24) is 35.2 Å². The van der Waals surface area contributed by atoms with Crippen LogP contribution >= 0.6 is 0 Å². The molecule has 0 amide bonds. The molecule has 9 aromatic rings. The number of anilines is 8. The summed E-state index contributed by atoms with van der Waals surface area (Å²) in [5.74, 6) is 6.62. The lowest BCUT2D eigenvalue weighted by molar-refractivity contribution is 0.413. The van der Waals surface area contributed by atoms with E-state index in [9.17, 15) is 13.2 Å². The fourth-order valence-corrected chi connectivity index (χ4v) is 13.0. The average Bonchev–Trinajstić information content (AvgIpc) is 1.39. The Labute approximate surface area is 560 Å². The van der Waals surface area contributed by atoms with Crippen LogP contribution < -0.4 is 58.7 Å². The standard InChI is InChI=1S/C26H32FN5O.C24H28FN5O.C22H22F2N4O.C2H7N/c1-4-30(5-2)23-17-21-19(16-20(23)27)26(29-25(28-21)18-10-11-18)32-14-12-31(13-15-32)22-8-6-7-9-24(22)33-3;1-28(2)21-15-19-17(14-18(21)25)24(27-23(26-19)16-8-9-16)30-12-10-29(11-13-30)20-6-4-5-7-22(20)31-3;1-29-20-5-3-2-4-19(20)27-8-10-28(11-9-27)22-15-12-16(23)17(24)13-18(15)25-21(26-22)14-6-7-14;1-3-2/h6-9,16-18H,4-5,10-15H2,1-3H3;4-7,14-16H,8-13H2,1-3H3;2-5,12-14H,6-11H2,1H3;3H,1-2H3. The highest BCUT2D eigenvalue weighted by atomic mass is 19.2. The van der Waals surface area contributed by atoms with Crippen molar-refractivity contribution < 1.29 is 31.8 Å². The number of piperazine rings is 3. The largest absolute Gasteiger partial charge is 0.495 e. The van der Waals surface area contributed by atoms with Crippen molar-refractivity contribution in [3.05, 3.63) is 150 Å². The third-order valence-corrected chi connectivity index (χ3v) is 18.7. The zero-order valence-corrected chi connectivity index (χ0v) is 56.8. The van der Waals surface area contributed by atoms with E-state index in [1.807, 2.05) is 99.8 Å². The average molecular weight is 1310 g/mol. The quantitative estimate of drug-likeness (QED) is 0.0916. The second-order valence-electron chi connectivity index (χ2n) is 25.5. The van der Waals surface area contributed by atoms with Crippen LogP contribution in [0, 0.1) is 23.3 Å². The van der Waals surface area contributed by atoms with Crippen LogP contribution in [0.4, 0.5) is 63.5 Å². The number of para-hydroxylation sites is 6. The summed E-state index contributed by atoms with van der Waals surface area (Å²) in [6.07, 6.45) is 6.64. The van der Waals surface area contributed by atoms with Gasteiger partial charge in [-0.2, -0.15) is 0 Å². The van der Waals surface area contributed by atoms with Crippen LogP contribution in [0.1, 0.15) is 87.6 Å². The van der Waals surface area contributed by atoms with Crippen LogP contribution in [-0.4, -0.2) is 171 Å². The first kappa shape index (κ1) is 66.8. The van der Waals surface area contributed by atoms with Crippen molar-refractivity contribution in [2.45, 2.75) is 70.1 Å². The number of rotatable bonds is 16. The molecular formula is C74H89F4N15O3. The number of nitrogens with one attached hydrogen (secondary N) is 1. The molecule has 0 spiro atoms. The van der Waals surface area contributed by atoms with Crippen molar-refractivity contribution in [3.63, 3.8) is 0 Å². The van der Waals surface area contributed by atoms with Gasteiger partial charge in [-0.15, -0.1) is 0 Å². The van der Waals surface area contributed by atoms with Crippen LogP contribution in [0.25, 0.3) is 32.7 Å². The molecule has 6 aliphatic rings. The van der Waals surface area contributed by atoms with Gasteiger partial charge in [0, 0.05) is 146 Å². The van der Waals surface area contributed by atoms with Crippen LogP contribution in [0.5, 0.6) is 17.2 Å². The summed E-state index contributed by atoms with van der Waals surface area (Å²) in [6, 6.07) is 33.6. The fraction of sp³-hybridized carbons (Fsp3) is 0.432. The molecule has 22 heteroatoms. The monoisotopic (exact) mass is 1310 g/mol. The molecular weight excluding hydrogens is 1220 g/mol. The number of hydrogen-bond acceptors (Lipinski definition) is 18. The van der Waals surface area contributed by atoms with Gasteiger partial charge in [-0.1, -0.05) is 36.4 Å². The number of benzene rings is 6. The molecule has 96 heavy (non-hydrogen) atoms. The highest BCUT2D eigenvalue weighted by molar-refractivity contribution is 5.94. The van der Waals surface area contributed by atoms with Crippen LogP contribution in [0.2, 0.25) is 0 Å². The molecule has 15 rings (SSSR count). The van der Waals surface area contributed by atoms with Crippen LogP contribution in [0.15, 0.2) is 109 Å². The topological polar surface area (TPSA) is 143 Å². The third-order valence-electron chi connectivity index (χ3n) is 18.7. The van der Waals surface area contributed by atoms with Crippen molar-refractivity contribution in [2.24, 2.45) is 0 Å². The Kier molecular flexibility index (Phi) is 20.8. The number of nitrogens with zero attached hydrogens (tertiary/aromatic N) is 14. The molecule has 1 N–H and O–H groups in total. The minimum absolute atomic E-state index is 0.206. The smallest absolute Gasteiger partial charge is 0.161 e. The molecule has 0 radical (unpaired) electrons. The van der Waals surface area contributed by atoms with Gasteiger partial charge in [0.15, 0.2) is 11.6 Å². The van der Waals surface area contributed by atoms with E-state index in [1.165, 1.54) is 12.1 Å². The van der Waals surface area contributed by atoms with Gasteiger partial charge in [0.2, 0.25) is 0 Å². The molecule has 3 saturated carbocycles. The van der Waals surface area contributed by atoms with E-state index in [0.717, 1.165) is 215 Å². The lowest BCUT2D eigenvalue weighted by atomic mass is 10.1. The summed E-state index contributed by atoms with van der Waals surface area (Å²) in [7, 11) is 12.5. The van der Waals surface area contributed by atoms with Gasteiger partial charge in [-0.05, 0) is 133 Å². The second kappa shape index (κ2) is 29.9. The predicted octanol–water partition coefficient (Wildman–Crippen LogP) is 12.8. The van der Waals surface area contributed by atoms with Gasteiger partial charge in [0.1, 0.15) is 63.8 Å². The Morgan fingerprint density at radius 2 is 0.677 bits per heavy atom. The molecule has 3 aliphatic carbocycles. The van der Waals surface area contributed by atoms with Crippen molar-refractivity contribution >= 4 is 78.6 Å². The molecule has 0 bridgehead atoms. The highest BCUT2D eigenvalue weighted by Gasteiger charge is 2.34.